The number of rotatable bonds is 5. The molecule has 0 radical (unpaired) electrons. The Morgan fingerprint density at radius 1 is 1.38 bits per heavy atom. The molecule has 1 rings (SSSR count). The zero-order chi connectivity index (χ0) is 12.0. The summed E-state index contributed by atoms with van der Waals surface area (Å²) in [6.45, 7) is 0.519. The van der Waals surface area contributed by atoms with Crippen LogP contribution in [0.1, 0.15) is 16.8 Å². The number of carbonyl (C=O) groups is 1. The monoisotopic (exact) mass is 241 g/mol. The number of aliphatic hydroxyl groups is 1. The average Bonchev–Trinajstić information content (AvgIpc) is 2.29. The highest BCUT2D eigenvalue weighted by Crippen LogP contribution is 2.07. The maximum Gasteiger partial charge on any atom is 0.251 e. The molecule has 1 aromatic carbocycles. The van der Waals surface area contributed by atoms with Gasteiger partial charge in [0.15, 0.2) is 0 Å². The second-order valence-electron chi connectivity index (χ2n) is 3.31. The van der Waals surface area contributed by atoms with Gasteiger partial charge < -0.3 is 10.4 Å². The van der Waals surface area contributed by atoms with E-state index in [9.17, 15) is 9.00 Å². The normalized spacial score (nSPS) is 12.1. The van der Waals surface area contributed by atoms with Crippen molar-refractivity contribution in [2.75, 3.05) is 19.4 Å². The van der Waals surface area contributed by atoms with Crippen LogP contribution in [0.15, 0.2) is 29.2 Å². The van der Waals surface area contributed by atoms with Crippen molar-refractivity contribution < 1.29 is 14.1 Å². The number of benzene rings is 1. The molecule has 0 aliphatic carbocycles. The molecular formula is C11H15NO3S. The van der Waals surface area contributed by atoms with Gasteiger partial charge in [-0.2, -0.15) is 0 Å². The van der Waals surface area contributed by atoms with Gasteiger partial charge in [-0.15, -0.1) is 0 Å². The summed E-state index contributed by atoms with van der Waals surface area (Å²) in [5.41, 5.74) is 0.534. The number of hydrogen-bond donors (Lipinski definition) is 2. The number of hydrogen-bond acceptors (Lipinski definition) is 3. The Morgan fingerprint density at radius 2 is 2.00 bits per heavy atom. The lowest BCUT2D eigenvalue weighted by Crippen LogP contribution is -2.24. The van der Waals surface area contributed by atoms with Crippen LogP contribution in [0.2, 0.25) is 0 Å². The molecule has 0 spiro atoms. The zero-order valence-corrected chi connectivity index (χ0v) is 9.92. The highest BCUT2D eigenvalue weighted by Gasteiger charge is 2.05. The first-order valence-electron chi connectivity index (χ1n) is 4.97. The number of nitrogens with one attached hydrogen (secondary N) is 1. The first kappa shape index (κ1) is 12.9. The molecule has 16 heavy (non-hydrogen) atoms. The summed E-state index contributed by atoms with van der Waals surface area (Å²) in [6, 6.07) is 6.64. The summed E-state index contributed by atoms with van der Waals surface area (Å²) in [6.07, 6.45) is 2.14. The van der Waals surface area contributed by atoms with E-state index < -0.39 is 10.8 Å². The molecule has 0 heterocycles. The van der Waals surface area contributed by atoms with Crippen LogP contribution in [-0.2, 0) is 10.8 Å². The molecule has 0 fully saturated rings. The third-order valence-electron chi connectivity index (χ3n) is 2.07. The Morgan fingerprint density at radius 3 is 2.50 bits per heavy atom. The Bertz CT molecular complexity index is 375. The van der Waals surface area contributed by atoms with Crippen molar-refractivity contribution in [3.05, 3.63) is 29.8 Å². The standard InChI is InChI=1S/C11H15NO3S/c1-16(15)10-5-3-9(4-6-10)11(14)12-7-2-8-13/h3-6,13H,2,7-8H2,1H3,(H,12,14). The molecule has 88 valence electrons. The van der Waals surface area contributed by atoms with Crippen molar-refractivity contribution in [2.45, 2.75) is 11.3 Å². The molecule has 1 unspecified atom stereocenters. The van der Waals surface area contributed by atoms with Crippen LogP contribution in [0.25, 0.3) is 0 Å². The summed E-state index contributed by atoms with van der Waals surface area (Å²) >= 11 is 0. The Balaban J connectivity index is 2.59. The molecule has 2 N–H and O–H groups in total. The first-order chi connectivity index (χ1) is 7.65. The topological polar surface area (TPSA) is 66.4 Å². The van der Waals surface area contributed by atoms with Gasteiger partial charge in [-0.25, -0.2) is 0 Å². The lowest BCUT2D eigenvalue weighted by Gasteiger charge is -2.04. The van der Waals surface area contributed by atoms with E-state index in [2.05, 4.69) is 5.32 Å². The molecule has 1 atom stereocenters. The smallest absolute Gasteiger partial charge is 0.251 e. The fraction of sp³-hybridized carbons (Fsp3) is 0.364. The predicted molar refractivity (Wildman–Crippen MR) is 62.8 cm³/mol. The summed E-state index contributed by atoms with van der Waals surface area (Å²) in [5.74, 6) is -0.179. The largest absolute Gasteiger partial charge is 0.396 e. The molecule has 0 aliphatic heterocycles. The second-order valence-corrected chi connectivity index (χ2v) is 4.69. The van der Waals surface area contributed by atoms with E-state index in [1.54, 1.807) is 30.5 Å². The van der Waals surface area contributed by atoms with E-state index in [0.717, 1.165) is 0 Å². The summed E-state index contributed by atoms with van der Waals surface area (Å²) in [7, 11) is -1.02. The maximum absolute atomic E-state index is 11.5. The fourth-order valence-electron chi connectivity index (χ4n) is 1.18. The van der Waals surface area contributed by atoms with Crippen molar-refractivity contribution >= 4 is 16.7 Å². The van der Waals surface area contributed by atoms with Gasteiger partial charge >= 0.3 is 0 Å². The van der Waals surface area contributed by atoms with E-state index in [1.165, 1.54) is 0 Å². The van der Waals surface area contributed by atoms with E-state index in [-0.39, 0.29) is 12.5 Å². The molecule has 5 heteroatoms. The van der Waals surface area contributed by atoms with Gasteiger partial charge in [-0.1, -0.05) is 0 Å². The third-order valence-corrected chi connectivity index (χ3v) is 3.00. The molecule has 1 amide bonds. The van der Waals surface area contributed by atoms with E-state index in [4.69, 9.17) is 5.11 Å². The fourth-order valence-corrected chi connectivity index (χ4v) is 1.70. The lowest BCUT2D eigenvalue weighted by molar-refractivity contribution is 0.0951. The van der Waals surface area contributed by atoms with Crippen molar-refractivity contribution in [3.8, 4) is 0 Å². The lowest BCUT2D eigenvalue weighted by atomic mass is 10.2. The number of aliphatic hydroxyl groups excluding tert-OH is 1. The molecule has 4 nitrogen and oxygen atoms in total. The van der Waals surface area contributed by atoms with Crippen LogP contribution in [0.3, 0.4) is 0 Å². The van der Waals surface area contributed by atoms with Gasteiger partial charge in [0.2, 0.25) is 0 Å². The summed E-state index contributed by atoms with van der Waals surface area (Å²) < 4.78 is 11.1. The average molecular weight is 241 g/mol. The SMILES string of the molecule is CS(=O)c1ccc(C(=O)NCCCO)cc1. The van der Waals surface area contributed by atoms with Crippen molar-refractivity contribution in [3.63, 3.8) is 0 Å². The van der Waals surface area contributed by atoms with Crippen molar-refractivity contribution in [2.24, 2.45) is 0 Å². The van der Waals surface area contributed by atoms with Crippen LogP contribution < -0.4 is 5.32 Å². The predicted octanol–water partition coefficient (Wildman–Crippen LogP) is 0.536. The van der Waals surface area contributed by atoms with Gasteiger partial charge in [-0.3, -0.25) is 9.00 Å². The Labute approximate surface area is 97.1 Å². The third kappa shape index (κ3) is 3.75. The van der Waals surface area contributed by atoms with Crippen LogP contribution in [0.4, 0.5) is 0 Å². The van der Waals surface area contributed by atoms with Gasteiger partial charge in [-0.05, 0) is 30.7 Å². The number of carbonyl (C=O) groups excluding carboxylic acids is 1. The Kier molecular flexibility index (Phi) is 5.14. The molecule has 0 saturated heterocycles. The van der Waals surface area contributed by atoms with Crippen LogP contribution in [0.5, 0.6) is 0 Å². The molecular weight excluding hydrogens is 226 g/mol. The van der Waals surface area contributed by atoms with E-state index in [0.29, 0.717) is 23.4 Å². The van der Waals surface area contributed by atoms with Crippen molar-refractivity contribution in [1.82, 2.24) is 5.32 Å². The van der Waals surface area contributed by atoms with E-state index in [1.807, 2.05) is 0 Å². The minimum absolute atomic E-state index is 0.0635. The van der Waals surface area contributed by atoms with Crippen molar-refractivity contribution in [1.29, 1.82) is 0 Å². The minimum Gasteiger partial charge on any atom is -0.396 e. The van der Waals surface area contributed by atoms with Gasteiger partial charge in [0.05, 0.1) is 0 Å². The molecule has 0 aliphatic rings. The van der Waals surface area contributed by atoms with Gasteiger partial charge in [0.1, 0.15) is 0 Å². The molecule has 1 aromatic rings. The first-order valence-corrected chi connectivity index (χ1v) is 6.53. The maximum atomic E-state index is 11.5. The van der Waals surface area contributed by atoms with Crippen LogP contribution >= 0.6 is 0 Å². The second kappa shape index (κ2) is 6.40. The molecule has 0 saturated carbocycles. The number of amides is 1. The Hall–Kier alpha value is -1.20. The molecule has 0 bridgehead atoms. The van der Waals surface area contributed by atoms with Gasteiger partial charge in [0.25, 0.3) is 5.91 Å². The highest BCUT2D eigenvalue weighted by molar-refractivity contribution is 7.84. The summed E-state index contributed by atoms with van der Waals surface area (Å²) in [4.78, 5) is 12.2. The highest BCUT2D eigenvalue weighted by atomic mass is 32.2. The van der Waals surface area contributed by atoms with Gasteiger partial charge in [0, 0.05) is 40.7 Å². The molecule has 0 aromatic heterocycles. The van der Waals surface area contributed by atoms with Crippen LogP contribution in [-0.4, -0.2) is 34.6 Å². The quantitative estimate of drug-likeness (QED) is 0.739. The van der Waals surface area contributed by atoms with E-state index >= 15 is 0 Å². The minimum atomic E-state index is -1.02. The summed E-state index contributed by atoms with van der Waals surface area (Å²) in [5, 5.41) is 11.2. The zero-order valence-electron chi connectivity index (χ0n) is 9.10. The van der Waals surface area contributed by atoms with Crippen LogP contribution in [0, 0.1) is 0 Å².